The Morgan fingerprint density at radius 1 is 1.31 bits per heavy atom. The largest absolute Gasteiger partial charge is 0.416 e. The molecule has 3 aromatic rings. The fourth-order valence-electron chi connectivity index (χ4n) is 2.24. The van der Waals surface area contributed by atoms with Crippen molar-refractivity contribution in [2.45, 2.75) is 19.1 Å². The van der Waals surface area contributed by atoms with Gasteiger partial charge in [-0.05, 0) is 25.1 Å². The predicted molar refractivity (Wildman–Crippen MR) is 89.4 cm³/mol. The molecule has 0 fully saturated rings. The van der Waals surface area contributed by atoms with Gasteiger partial charge in [-0.1, -0.05) is 11.6 Å². The molecule has 0 spiro atoms. The van der Waals surface area contributed by atoms with Crippen LogP contribution >= 0.6 is 22.9 Å². The van der Waals surface area contributed by atoms with Crippen LogP contribution in [0.2, 0.25) is 5.02 Å². The lowest BCUT2D eigenvalue weighted by atomic mass is 10.1. The standard InChI is InChI=1S/C15H11ClF3N5OS/c1-8(12-21-7-22-24(12)14-20-2-3-26-14)23-13(25)9-4-10(15(17,18)19)6-11(16)5-9/h2-8H,1H3,(H,23,25)/t8-/m0/s1. The van der Waals surface area contributed by atoms with Gasteiger partial charge in [0.2, 0.25) is 5.13 Å². The van der Waals surface area contributed by atoms with Crippen LogP contribution in [0.15, 0.2) is 36.1 Å². The highest BCUT2D eigenvalue weighted by molar-refractivity contribution is 7.12. The minimum Gasteiger partial charge on any atom is -0.342 e. The van der Waals surface area contributed by atoms with Crippen LogP contribution in [0.4, 0.5) is 13.2 Å². The minimum absolute atomic E-state index is 0.177. The highest BCUT2D eigenvalue weighted by atomic mass is 35.5. The summed E-state index contributed by atoms with van der Waals surface area (Å²) in [5.74, 6) is -0.314. The summed E-state index contributed by atoms with van der Waals surface area (Å²) in [5.41, 5.74) is -1.19. The van der Waals surface area contributed by atoms with Gasteiger partial charge in [0.05, 0.1) is 11.6 Å². The quantitative estimate of drug-likeness (QED) is 0.720. The first-order valence-corrected chi connectivity index (χ1v) is 8.50. The van der Waals surface area contributed by atoms with Gasteiger partial charge in [0.15, 0.2) is 5.82 Å². The highest BCUT2D eigenvalue weighted by Crippen LogP contribution is 2.32. The zero-order valence-electron chi connectivity index (χ0n) is 13.2. The van der Waals surface area contributed by atoms with Crippen LogP contribution in [0.1, 0.15) is 34.7 Å². The molecule has 1 N–H and O–H groups in total. The smallest absolute Gasteiger partial charge is 0.342 e. The second kappa shape index (κ2) is 7.04. The molecule has 0 aliphatic rings. The Morgan fingerprint density at radius 2 is 2.08 bits per heavy atom. The average Bonchev–Trinajstić information content (AvgIpc) is 3.24. The molecule has 2 heterocycles. The van der Waals surface area contributed by atoms with Crippen molar-refractivity contribution in [1.82, 2.24) is 25.1 Å². The maximum Gasteiger partial charge on any atom is 0.416 e. The lowest BCUT2D eigenvalue weighted by Gasteiger charge is -2.15. The monoisotopic (exact) mass is 401 g/mol. The minimum atomic E-state index is -4.60. The first-order valence-electron chi connectivity index (χ1n) is 7.24. The van der Waals surface area contributed by atoms with E-state index in [0.29, 0.717) is 11.0 Å². The summed E-state index contributed by atoms with van der Waals surface area (Å²) in [5, 5.41) is 8.79. The normalized spacial score (nSPS) is 12.8. The number of benzene rings is 1. The van der Waals surface area contributed by atoms with Gasteiger partial charge in [-0.3, -0.25) is 4.79 Å². The molecule has 0 bridgehead atoms. The Labute approximate surface area is 154 Å². The van der Waals surface area contributed by atoms with Crippen LogP contribution < -0.4 is 5.32 Å². The number of aromatic nitrogens is 4. The van der Waals surface area contributed by atoms with Gasteiger partial charge in [0, 0.05) is 22.2 Å². The Balaban J connectivity index is 1.83. The van der Waals surface area contributed by atoms with E-state index in [4.69, 9.17) is 11.6 Å². The predicted octanol–water partition coefficient (Wildman–Crippen LogP) is 3.89. The molecule has 0 saturated carbocycles. The van der Waals surface area contributed by atoms with Crippen molar-refractivity contribution in [1.29, 1.82) is 0 Å². The zero-order chi connectivity index (χ0) is 18.9. The van der Waals surface area contributed by atoms with Crippen LogP contribution in [0, 0.1) is 0 Å². The number of carbonyl (C=O) groups is 1. The molecule has 1 atom stereocenters. The second-order valence-corrected chi connectivity index (χ2v) is 6.58. The van der Waals surface area contributed by atoms with Gasteiger partial charge >= 0.3 is 6.18 Å². The number of rotatable bonds is 4. The number of alkyl halides is 3. The van der Waals surface area contributed by atoms with Gasteiger partial charge in [0.1, 0.15) is 6.33 Å². The van der Waals surface area contributed by atoms with E-state index in [0.717, 1.165) is 12.1 Å². The van der Waals surface area contributed by atoms with Crippen molar-refractivity contribution in [2.75, 3.05) is 0 Å². The third-order valence-electron chi connectivity index (χ3n) is 3.40. The van der Waals surface area contributed by atoms with Crippen LogP contribution in [0.3, 0.4) is 0 Å². The van der Waals surface area contributed by atoms with E-state index in [-0.39, 0.29) is 10.6 Å². The molecule has 0 unspecified atom stereocenters. The first-order chi connectivity index (χ1) is 12.3. The third-order valence-corrected chi connectivity index (χ3v) is 4.36. The molecule has 6 nitrogen and oxygen atoms in total. The van der Waals surface area contributed by atoms with Crippen molar-refractivity contribution in [3.8, 4) is 5.13 Å². The Morgan fingerprint density at radius 3 is 2.73 bits per heavy atom. The fourth-order valence-corrected chi connectivity index (χ4v) is 3.08. The van der Waals surface area contributed by atoms with Crippen LogP contribution in [0.5, 0.6) is 0 Å². The topological polar surface area (TPSA) is 72.7 Å². The summed E-state index contributed by atoms with van der Waals surface area (Å²) in [7, 11) is 0. The molecule has 0 radical (unpaired) electrons. The molecular weight excluding hydrogens is 391 g/mol. The summed E-state index contributed by atoms with van der Waals surface area (Å²) in [4.78, 5) is 20.6. The summed E-state index contributed by atoms with van der Waals surface area (Å²) < 4.78 is 40.1. The molecule has 3 rings (SSSR count). The van der Waals surface area contributed by atoms with Gasteiger partial charge in [0.25, 0.3) is 5.91 Å². The van der Waals surface area contributed by atoms with Crippen molar-refractivity contribution in [2.24, 2.45) is 0 Å². The van der Waals surface area contributed by atoms with Gasteiger partial charge in [-0.15, -0.1) is 11.3 Å². The number of nitrogens with zero attached hydrogens (tertiary/aromatic N) is 4. The molecule has 136 valence electrons. The number of amides is 1. The Bertz CT molecular complexity index is 926. The number of carbonyl (C=O) groups excluding carboxylic acids is 1. The lowest BCUT2D eigenvalue weighted by molar-refractivity contribution is -0.137. The van der Waals surface area contributed by atoms with Crippen LogP contribution in [-0.2, 0) is 6.18 Å². The van der Waals surface area contributed by atoms with E-state index in [9.17, 15) is 18.0 Å². The fraction of sp³-hybridized carbons (Fsp3) is 0.200. The maximum atomic E-state index is 12.9. The maximum absolute atomic E-state index is 12.9. The first kappa shape index (κ1) is 18.3. The molecule has 1 amide bonds. The molecule has 26 heavy (non-hydrogen) atoms. The molecule has 2 aromatic heterocycles. The van der Waals surface area contributed by atoms with E-state index in [2.05, 4.69) is 20.4 Å². The van der Waals surface area contributed by atoms with Crippen LogP contribution in [0.25, 0.3) is 5.13 Å². The van der Waals surface area contributed by atoms with Gasteiger partial charge in [-0.2, -0.15) is 23.0 Å². The zero-order valence-corrected chi connectivity index (χ0v) is 14.7. The van der Waals surface area contributed by atoms with Crippen molar-refractivity contribution in [3.63, 3.8) is 0 Å². The van der Waals surface area contributed by atoms with Crippen molar-refractivity contribution < 1.29 is 18.0 Å². The summed E-state index contributed by atoms with van der Waals surface area (Å²) in [6.07, 6.45) is -1.70. The molecule has 1 aromatic carbocycles. The number of thiazole rings is 1. The highest BCUT2D eigenvalue weighted by Gasteiger charge is 2.32. The summed E-state index contributed by atoms with van der Waals surface area (Å²) in [6.45, 7) is 1.64. The molecule has 0 aliphatic heterocycles. The van der Waals surface area contributed by atoms with E-state index in [1.54, 1.807) is 18.5 Å². The summed E-state index contributed by atoms with van der Waals surface area (Å²) in [6, 6.07) is 2.06. The summed E-state index contributed by atoms with van der Waals surface area (Å²) >= 11 is 7.04. The number of hydrogen-bond acceptors (Lipinski definition) is 5. The Kier molecular flexibility index (Phi) is 4.97. The third kappa shape index (κ3) is 3.86. The van der Waals surface area contributed by atoms with Gasteiger partial charge in [-0.25, -0.2) is 9.97 Å². The molecule has 0 saturated heterocycles. The number of halogens is 4. The number of hydrogen-bond donors (Lipinski definition) is 1. The molecular formula is C15H11ClF3N5OS. The van der Waals surface area contributed by atoms with E-state index < -0.39 is 23.7 Å². The van der Waals surface area contributed by atoms with Crippen molar-refractivity contribution >= 4 is 28.8 Å². The van der Waals surface area contributed by atoms with Gasteiger partial charge < -0.3 is 5.32 Å². The molecule has 11 heteroatoms. The SMILES string of the molecule is C[C@H](NC(=O)c1cc(Cl)cc(C(F)(F)F)c1)c1ncnn1-c1nccs1. The van der Waals surface area contributed by atoms with Crippen molar-refractivity contribution in [3.05, 3.63) is 58.1 Å². The average molecular weight is 402 g/mol. The van der Waals surface area contributed by atoms with E-state index >= 15 is 0 Å². The Hall–Kier alpha value is -2.46. The number of nitrogens with one attached hydrogen (secondary N) is 1. The van der Waals surface area contributed by atoms with E-state index in [1.165, 1.54) is 28.4 Å². The van der Waals surface area contributed by atoms with E-state index in [1.807, 2.05) is 0 Å². The van der Waals surface area contributed by atoms with Crippen LogP contribution in [-0.4, -0.2) is 25.7 Å². The lowest BCUT2D eigenvalue weighted by Crippen LogP contribution is -2.29. The second-order valence-electron chi connectivity index (χ2n) is 5.27. The molecule has 0 aliphatic carbocycles.